The van der Waals surface area contributed by atoms with Crippen molar-refractivity contribution in [3.05, 3.63) is 71.4 Å². The highest BCUT2D eigenvalue weighted by molar-refractivity contribution is 6.32. The Morgan fingerprint density at radius 3 is 2.23 bits per heavy atom. The molecule has 2 aromatic carbocycles. The van der Waals surface area contributed by atoms with Gasteiger partial charge in [-0.25, -0.2) is 4.98 Å². The summed E-state index contributed by atoms with van der Waals surface area (Å²) in [7, 11) is 8.51. The van der Waals surface area contributed by atoms with Gasteiger partial charge in [-0.3, -0.25) is 9.59 Å². The van der Waals surface area contributed by atoms with E-state index in [0.717, 1.165) is 0 Å². The van der Waals surface area contributed by atoms with Gasteiger partial charge in [-0.05, 0) is 36.4 Å². The summed E-state index contributed by atoms with van der Waals surface area (Å²) < 4.78 is 10.6. The highest BCUT2D eigenvalue weighted by Crippen LogP contribution is 2.34. The minimum atomic E-state index is -0.520. The molecule has 3 aromatic rings. The van der Waals surface area contributed by atoms with Gasteiger partial charge in [0.05, 0.1) is 37.1 Å². The fourth-order valence-corrected chi connectivity index (χ4v) is 2.72. The highest BCUT2D eigenvalue weighted by Gasteiger charge is 2.20. The molecule has 3 rings (SSSR count). The summed E-state index contributed by atoms with van der Waals surface area (Å²) in [4.78, 5) is 29.7. The van der Waals surface area contributed by atoms with Crippen molar-refractivity contribution in [2.24, 2.45) is 0 Å². The van der Waals surface area contributed by atoms with Crippen LogP contribution < -0.4 is 25.6 Å². The molecule has 0 saturated heterocycles. The number of nitriles is 1. The van der Waals surface area contributed by atoms with Crippen molar-refractivity contribution in [1.82, 2.24) is 4.98 Å². The van der Waals surface area contributed by atoms with Crippen molar-refractivity contribution >= 4 is 36.6 Å². The summed E-state index contributed by atoms with van der Waals surface area (Å²) in [6.07, 6.45) is 1.41. The number of benzene rings is 2. The Bertz CT molecular complexity index is 1160. The number of carbonyl (C=O) groups excluding carboxylic acids is 2. The molecule has 8 nitrogen and oxygen atoms in total. The predicted octanol–water partition coefficient (Wildman–Crippen LogP) is 2.27. The number of rotatable bonds is 6. The molecule has 2 radical (unpaired) electrons. The first-order valence-electron chi connectivity index (χ1n) is 9.05. The van der Waals surface area contributed by atoms with Crippen molar-refractivity contribution in [2.75, 3.05) is 24.9 Å². The summed E-state index contributed by atoms with van der Waals surface area (Å²) in [6, 6.07) is 14.2. The van der Waals surface area contributed by atoms with E-state index in [9.17, 15) is 9.59 Å². The number of ether oxygens (including phenoxy) is 2. The zero-order valence-corrected chi connectivity index (χ0v) is 16.8. The minimum Gasteiger partial charge on any atom is -0.493 e. The second-order valence-electron chi connectivity index (χ2n) is 6.33. The molecule has 0 spiro atoms. The zero-order chi connectivity index (χ0) is 22.4. The number of hydrogen-bond acceptors (Lipinski definition) is 6. The van der Waals surface area contributed by atoms with Crippen LogP contribution in [0.3, 0.4) is 0 Å². The standard InChI is InChI=1S/C22H17BN4O4/c1-30-18-9-16(22(29)27-20-8-7-15(23)12-25-20)17(10-19(18)31-2)26-21(28)14-5-3-13(11-24)4-6-14/h3-10,12H,1-2H3,(H,26,28)(H,25,27,29). The molecule has 0 saturated carbocycles. The summed E-state index contributed by atoms with van der Waals surface area (Å²) in [5, 5.41) is 14.3. The van der Waals surface area contributed by atoms with Crippen LogP contribution in [-0.2, 0) is 0 Å². The van der Waals surface area contributed by atoms with Gasteiger partial charge in [0, 0.05) is 17.8 Å². The highest BCUT2D eigenvalue weighted by atomic mass is 16.5. The SMILES string of the molecule is [B]c1ccc(NC(=O)c2cc(OC)c(OC)cc2NC(=O)c2ccc(C#N)cc2)nc1. The number of nitrogens with one attached hydrogen (secondary N) is 2. The Labute approximate surface area is 180 Å². The average molecular weight is 412 g/mol. The van der Waals surface area contributed by atoms with E-state index in [4.69, 9.17) is 22.6 Å². The van der Waals surface area contributed by atoms with Crippen LogP contribution in [0.4, 0.5) is 11.5 Å². The quantitative estimate of drug-likeness (QED) is 0.601. The molecular weight excluding hydrogens is 395 g/mol. The predicted molar refractivity (Wildman–Crippen MR) is 116 cm³/mol. The number of carbonyl (C=O) groups is 2. The van der Waals surface area contributed by atoms with E-state index in [1.807, 2.05) is 6.07 Å². The van der Waals surface area contributed by atoms with Gasteiger partial charge in [0.2, 0.25) is 0 Å². The lowest BCUT2D eigenvalue weighted by Gasteiger charge is -2.16. The Kier molecular flexibility index (Phi) is 6.53. The Morgan fingerprint density at radius 1 is 0.968 bits per heavy atom. The lowest BCUT2D eigenvalue weighted by Crippen LogP contribution is -2.19. The summed E-state index contributed by atoms with van der Waals surface area (Å²) in [5.74, 6) is -0.0443. The van der Waals surface area contributed by atoms with E-state index < -0.39 is 11.8 Å². The number of aromatic nitrogens is 1. The molecule has 0 fully saturated rings. The normalized spacial score (nSPS) is 9.97. The van der Waals surface area contributed by atoms with Crippen LogP contribution in [0.2, 0.25) is 0 Å². The number of nitrogens with zero attached hydrogens (tertiary/aromatic N) is 2. The van der Waals surface area contributed by atoms with Gasteiger partial charge >= 0.3 is 0 Å². The third-order valence-corrected chi connectivity index (χ3v) is 4.32. The fraction of sp³-hybridized carbons (Fsp3) is 0.0909. The maximum absolute atomic E-state index is 12.9. The van der Waals surface area contributed by atoms with Crippen LogP contribution in [0.15, 0.2) is 54.7 Å². The van der Waals surface area contributed by atoms with Crippen LogP contribution in [0.5, 0.6) is 11.5 Å². The van der Waals surface area contributed by atoms with Gasteiger partial charge in [0.15, 0.2) is 11.5 Å². The second kappa shape index (κ2) is 9.46. The van der Waals surface area contributed by atoms with Gasteiger partial charge < -0.3 is 20.1 Å². The fourth-order valence-electron chi connectivity index (χ4n) is 2.72. The first kappa shape index (κ1) is 21.4. The molecule has 9 heteroatoms. The molecule has 2 amide bonds. The number of methoxy groups -OCH3 is 2. The van der Waals surface area contributed by atoms with Crippen LogP contribution in [0.1, 0.15) is 26.3 Å². The second-order valence-corrected chi connectivity index (χ2v) is 6.33. The molecule has 31 heavy (non-hydrogen) atoms. The molecule has 152 valence electrons. The van der Waals surface area contributed by atoms with E-state index in [1.54, 1.807) is 12.1 Å². The first-order chi connectivity index (χ1) is 14.9. The van der Waals surface area contributed by atoms with Crippen LogP contribution >= 0.6 is 0 Å². The largest absolute Gasteiger partial charge is 0.493 e. The van der Waals surface area contributed by atoms with Gasteiger partial charge in [-0.1, -0.05) is 11.5 Å². The van der Waals surface area contributed by atoms with E-state index >= 15 is 0 Å². The van der Waals surface area contributed by atoms with E-state index in [1.165, 1.54) is 56.8 Å². The molecular formula is C22H17BN4O4. The third kappa shape index (κ3) is 5.00. The van der Waals surface area contributed by atoms with Gasteiger partial charge in [-0.2, -0.15) is 5.26 Å². The molecule has 0 aliphatic carbocycles. The van der Waals surface area contributed by atoms with Crippen molar-refractivity contribution < 1.29 is 19.1 Å². The third-order valence-electron chi connectivity index (χ3n) is 4.32. The van der Waals surface area contributed by atoms with E-state index in [-0.39, 0.29) is 11.3 Å². The maximum Gasteiger partial charge on any atom is 0.259 e. The molecule has 0 bridgehead atoms. The number of anilines is 2. The number of pyridine rings is 1. The Balaban J connectivity index is 1.94. The van der Waals surface area contributed by atoms with E-state index in [0.29, 0.717) is 33.9 Å². The maximum atomic E-state index is 12.9. The molecule has 0 unspecified atom stereocenters. The number of amides is 2. The van der Waals surface area contributed by atoms with Gasteiger partial charge in [0.25, 0.3) is 11.8 Å². The van der Waals surface area contributed by atoms with Crippen LogP contribution in [-0.4, -0.2) is 38.9 Å². The van der Waals surface area contributed by atoms with Gasteiger partial charge in [-0.15, -0.1) is 0 Å². The molecule has 1 heterocycles. The summed E-state index contributed by atoms with van der Waals surface area (Å²) in [5.41, 5.74) is 1.55. The van der Waals surface area contributed by atoms with Crippen molar-refractivity contribution in [3.8, 4) is 17.6 Å². The summed E-state index contributed by atoms with van der Waals surface area (Å²) in [6.45, 7) is 0. The molecule has 2 N–H and O–H groups in total. The Hall–Kier alpha value is -4.32. The van der Waals surface area contributed by atoms with Crippen LogP contribution in [0, 0.1) is 11.3 Å². The van der Waals surface area contributed by atoms with Crippen molar-refractivity contribution in [2.45, 2.75) is 0 Å². The van der Waals surface area contributed by atoms with Crippen LogP contribution in [0.25, 0.3) is 0 Å². The van der Waals surface area contributed by atoms with Gasteiger partial charge in [0.1, 0.15) is 13.7 Å². The minimum absolute atomic E-state index is 0.137. The zero-order valence-electron chi connectivity index (χ0n) is 16.8. The molecule has 0 aliphatic heterocycles. The smallest absolute Gasteiger partial charge is 0.259 e. The van der Waals surface area contributed by atoms with Crippen molar-refractivity contribution in [3.63, 3.8) is 0 Å². The lowest BCUT2D eigenvalue weighted by atomic mass is 9.99. The molecule has 0 atom stereocenters. The molecule has 0 aliphatic rings. The topological polar surface area (TPSA) is 113 Å². The van der Waals surface area contributed by atoms with E-state index in [2.05, 4.69) is 15.6 Å². The lowest BCUT2D eigenvalue weighted by molar-refractivity contribution is 0.102. The monoisotopic (exact) mass is 412 g/mol. The van der Waals surface area contributed by atoms with Crippen molar-refractivity contribution in [1.29, 1.82) is 5.26 Å². The average Bonchev–Trinajstić information content (AvgIpc) is 2.80. The first-order valence-corrected chi connectivity index (χ1v) is 9.05. The molecule has 1 aromatic heterocycles. The number of hydrogen-bond donors (Lipinski definition) is 2. The summed E-state index contributed by atoms with van der Waals surface area (Å²) >= 11 is 0. The Morgan fingerprint density at radius 2 is 1.65 bits per heavy atom.